The lowest BCUT2D eigenvalue weighted by molar-refractivity contribution is 0.0950. The van der Waals surface area contributed by atoms with Gasteiger partial charge in [0.05, 0.1) is 6.21 Å². The largest absolute Gasteiger partial charge is 0.291 e. The van der Waals surface area contributed by atoms with Crippen LogP contribution >= 0.6 is 0 Å². The van der Waals surface area contributed by atoms with Gasteiger partial charge in [-0.05, 0) is 22.8 Å². The first-order chi connectivity index (χ1) is 11.1. The number of nitrogens with zero attached hydrogens (tertiary/aromatic N) is 2. The fourth-order valence-corrected chi connectivity index (χ4v) is 2.33. The van der Waals surface area contributed by atoms with Crippen LogP contribution in [0.1, 0.15) is 41.5 Å². The molecule has 3 rings (SSSR count). The molecule has 3 aromatic rings. The van der Waals surface area contributed by atoms with Crippen molar-refractivity contribution in [2.75, 3.05) is 0 Å². The number of carbonyl (C=O) groups is 1. The third-order valence-electron chi connectivity index (χ3n) is 3.65. The smallest absolute Gasteiger partial charge is 0.282 e. The van der Waals surface area contributed by atoms with Gasteiger partial charge in [0, 0.05) is 11.3 Å². The summed E-state index contributed by atoms with van der Waals surface area (Å²) in [5, 5.41) is 13.1. The minimum atomic E-state index is -0.329. The summed E-state index contributed by atoms with van der Waals surface area (Å²) in [5.74, 6) is -0.0344. The molecule has 0 fully saturated rings. The zero-order valence-corrected chi connectivity index (χ0v) is 13.1. The molecule has 0 radical (unpaired) electrons. The molecule has 0 aliphatic carbocycles. The molecule has 0 aliphatic rings. The summed E-state index contributed by atoms with van der Waals surface area (Å²) in [5.41, 5.74) is 4.73. The lowest BCUT2D eigenvalue weighted by atomic mass is 10.1. The standard InChI is InChI=1S/C18H18N4O/c1-12(2)16-10-17(21-20-16)18(23)22-19-11-14-8-5-7-13-6-3-4-9-15(13)14/h3-12H,1-2H3,(H,20,21)(H,22,23)/b19-11+. The summed E-state index contributed by atoms with van der Waals surface area (Å²) in [6.45, 7) is 4.07. The van der Waals surface area contributed by atoms with Crippen LogP contribution in [-0.2, 0) is 0 Å². The lowest BCUT2D eigenvalue weighted by Crippen LogP contribution is -2.18. The van der Waals surface area contributed by atoms with Crippen molar-refractivity contribution >= 4 is 22.9 Å². The maximum atomic E-state index is 12.0. The zero-order chi connectivity index (χ0) is 16.2. The van der Waals surface area contributed by atoms with Crippen LogP contribution in [0.2, 0.25) is 0 Å². The number of carbonyl (C=O) groups excluding carboxylic acids is 1. The number of hydrazone groups is 1. The van der Waals surface area contributed by atoms with Gasteiger partial charge >= 0.3 is 0 Å². The first-order valence-electron chi connectivity index (χ1n) is 7.51. The number of hydrogen-bond acceptors (Lipinski definition) is 3. The average Bonchev–Trinajstić information content (AvgIpc) is 3.05. The number of aromatic nitrogens is 2. The van der Waals surface area contributed by atoms with Crippen LogP contribution in [0.25, 0.3) is 10.8 Å². The molecular weight excluding hydrogens is 288 g/mol. The molecule has 0 saturated carbocycles. The number of nitrogens with one attached hydrogen (secondary N) is 2. The van der Waals surface area contributed by atoms with Crippen LogP contribution < -0.4 is 5.43 Å². The molecule has 1 amide bonds. The van der Waals surface area contributed by atoms with Crippen molar-refractivity contribution in [3.8, 4) is 0 Å². The number of benzene rings is 2. The van der Waals surface area contributed by atoms with Crippen LogP contribution in [-0.4, -0.2) is 22.3 Å². The predicted molar refractivity (Wildman–Crippen MR) is 91.7 cm³/mol. The minimum absolute atomic E-state index is 0.295. The molecule has 0 atom stereocenters. The summed E-state index contributed by atoms with van der Waals surface area (Å²) >= 11 is 0. The minimum Gasteiger partial charge on any atom is -0.282 e. The summed E-state index contributed by atoms with van der Waals surface area (Å²) < 4.78 is 0. The van der Waals surface area contributed by atoms with Crippen LogP contribution in [0.5, 0.6) is 0 Å². The van der Waals surface area contributed by atoms with E-state index in [2.05, 4.69) is 20.7 Å². The van der Waals surface area contributed by atoms with E-state index < -0.39 is 0 Å². The average molecular weight is 306 g/mol. The van der Waals surface area contributed by atoms with Crippen molar-refractivity contribution in [2.24, 2.45) is 5.10 Å². The third-order valence-corrected chi connectivity index (χ3v) is 3.65. The highest BCUT2D eigenvalue weighted by Crippen LogP contribution is 2.16. The molecule has 0 unspecified atom stereocenters. The molecule has 5 nitrogen and oxygen atoms in total. The van der Waals surface area contributed by atoms with Gasteiger partial charge in [-0.2, -0.15) is 10.2 Å². The highest BCUT2D eigenvalue weighted by Gasteiger charge is 2.11. The normalized spacial score (nSPS) is 11.4. The van der Waals surface area contributed by atoms with Crippen LogP contribution in [0, 0.1) is 0 Å². The number of fused-ring (bicyclic) bond motifs is 1. The molecule has 1 aromatic heterocycles. The van der Waals surface area contributed by atoms with Crippen LogP contribution in [0.3, 0.4) is 0 Å². The number of H-pyrrole nitrogens is 1. The van der Waals surface area contributed by atoms with E-state index >= 15 is 0 Å². The Hall–Kier alpha value is -2.95. The SMILES string of the molecule is CC(C)c1cc(C(=O)N/N=C/c2cccc3ccccc23)n[nH]1. The monoisotopic (exact) mass is 306 g/mol. The maximum absolute atomic E-state index is 12.0. The van der Waals surface area contributed by atoms with Crippen molar-refractivity contribution in [1.82, 2.24) is 15.6 Å². The van der Waals surface area contributed by atoms with E-state index in [9.17, 15) is 4.79 Å². The summed E-state index contributed by atoms with van der Waals surface area (Å²) in [4.78, 5) is 12.0. The summed E-state index contributed by atoms with van der Waals surface area (Å²) in [6, 6.07) is 15.8. The van der Waals surface area contributed by atoms with Gasteiger partial charge in [-0.15, -0.1) is 0 Å². The van der Waals surface area contributed by atoms with E-state index in [1.807, 2.05) is 56.3 Å². The Morgan fingerprint density at radius 3 is 2.78 bits per heavy atom. The quantitative estimate of drug-likeness (QED) is 0.572. The second kappa shape index (κ2) is 6.44. The Balaban J connectivity index is 1.73. The molecular formula is C18H18N4O. The molecule has 116 valence electrons. The summed E-state index contributed by atoms with van der Waals surface area (Å²) in [7, 11) is 0. The molecule has 2 aromatic carbocycles. The van der Waals surface area contributed by atoms with Gasteiger partial charge in [0.2, 0.25) is 0 Å². The highest BCUT2D eigenvalue weighted by atomic mass is 16.2. The number of hydrogen-bond donors (Lipinski definition) is 2. The first kappa shape index (κ1) is 15.0. The van der Waals surface area contributed by atoms with E-state index in [1.54, 1.807) is 12.3 Å². The van der Waals surface area contributed by atoms with E-state index in [1.165, 1.54) is 0 Å². The molecule has 0 aliphatic heterocycles. The van der Waals surface area contributed by atoms with Gasteiger partial charge in [-0.1, -0.05) is 56.3 Å². The van der Waals surface area contributed by atoms with Gasteiger partial charge in [-0.25, -0.2) is 5.43 Å². The van der Waals surface area contributed by atoms with Crippen molar-refractivity contribution in [1.29, 1.82) is 0 Å². The molecule has 23 heavy (non-hydrogen) atoms. The molecule has 5 heteroatoms. The maximum Gasteiger partial charge on any atom is 0.291 e. The van der Waals surface area contributed by atoms with Gasteiger partial charge in [0.25, 0.3) is 5.91 Å². The number of aromatic amines is 1. The topological polar surface area (TPSA) is 70.1 Å². The van der Waals surface area contributed by atoms with Crippen LogP contribution in [0.15, 0.2) is 53.6 Å². The molecule has 1 heterocycles. The lowest BCUT2D eigenvalue weighted by Gasteiger charge is -2.01. The molecule has 2 N–H and O–H groups in total. The highest BCUT2D eigenvalue weighted by molar-refractivity contribution is 6.00. The first-order valence-corrected chi connectivity index (χ1v) is 7.51. The molecule has 0 bridgehead atoms. The van der Waals surface area contributed by atoms with Crippen molar-refractivity contribution in [3.63, 3.8) is 0 Å². The van der Waals surface area contributed by atoms with E-state index in [-0.39, 0.29) is 5.91 Å². The zero-order valence-electron chi connectivity index (χ0n) is 13.1. The van der Waals surface area contributed by atoms with Crippen molar-refractivity contribution in [2.45, 2.75) is 19.8 Å². The van der Waals surface area contributed by atoms with Gasteiger partial charge in [-0.3, -0.25) is 9.89 Å². The van der Waals surface area contributed by atoms with Crippen molar-refractivity contribution < 1.29 is 4.79 Å². The third kappa shape index (κ3) is 3.29. The Morgan fingerprint density at radius 2 is 2.00 bits per heavy atom. The van der Waals surface area contributed by atoms with E-state index in [0.29, 0.717) is 11.6 Å². The summed E-state index contributed by atoms with van der Waals surface area (Å²) in [6.07, 6.45) is 1.65. The van der Waals surface area contributed by atoms with Crippen LogP contribution in [0.4, 0.5) is 0 Å². The second-order valence-corrected chi connectivity index (χ2v) is 5.63. The fraction of sp³-hybridized carbons (Fsp3) is 0.167. The van der Waals surface area contributed by atoms with E-state index in [4.69, 9.17) is 0 Å². The van der Waals surface area contributed by atoms with E-state index in [0.717, 1.165) is 22.0 Å². The Kier molecular flexibility index (Phi) is 4.19. The number of amides is 1. The molecule has 0 spiro atoms. The second-order valence-electron chi connectivity index (χ2n) is 5.63. The van der Waals surface area contributed by atoms with Gasteiger partial charge in [0.1, 0.15) is 0 Å². The van der Waals surface area contributed by atoms with Gasteiger partial charge in [0.15, 0.2) is 5.69 Å². The predicted octanol–water partition coefficient (Wildman–Crippen LogP) is 3.45. The Labute approximate surface area is 134 Å². The number of rotatable bonds is 4. The van der Waals surface area contributed by atoms with Crippen molar-refractivity contribution in [3.05, 3.63) is 65.5 Å². The Morgan fingerprint density at radius 1 is 1.22 bits per heavy atom. The fourth-order valence-electron chi connectivity index (χ4n) is 2.33. The Bertz CT molecular complexity index is 859. The molecule has 0 saturated heterocycles. The van der Waals surface area contributed by atoms with Gasteiger partial charge < -0.3 is 0 Å².